The second-order valence-corrected chi connectivity index (χ2v) is 9.16. The number of nitro groups is 1. The Labute approximate surface area is 189 Å². The van der Waals surface area contributed by atoms with Gasteiger partial charge in [0, 0.05) is 24.7 Å². The van der Waals surface area contributed by atoms with Crippen molar-refractivity contribution in [2.45, 2.75) is 25.7 Å². The molecular weight excluding hydrogens is 475 g/mol. The van der Waals surface area contributed by atoms with E-state index in [0.29, 0.717) is 11.3 Å². The Morgan fingerprint density at radius 2 is 1.77 bits per heavy atom. The zero-order chi connectivity index (χ0) is 22.6. The normalized spacial score (nSPS) is 12.3. The fourth-order valence-electron chi connectivity index (χ4n) is 2.64. The SMILES string of the molecule is CCN(CC)S(=O)(=O)c1ccc(N/N=C(\C)c2ccc(Cl)c(Cl)c2Cl)c([N+](=O)[O-])c1. The van der Waals surface area contributed by atoms with Crippen molar-refractivity contribution in [3.05, 3.63) is 61.1 Å². The van der Waals surface area contributed by atoms with Gasteiger partial charge in [-0.2, -0.15) is 9.41 Å². The van der Waals surface area contributed by atoms with Crippen LogP contribution >= 0.6 is 34.8 Å². The highest BCUT2D eigenvalue weighted by molar-refractivity contribution is 7.89. The Bertz CT molecular complexity index is 1100. The van der Waals surface area contributed by atoms with Crippen molar-refractivity contribution in [1.82, 2.24) is 4.31 Å². The molecule has 0 spiro atoms. The molecule has 1 N–H and O–H groups in total. The minimum Gasteiger partial charge on any atom is -0.271 e. The Hall–Kier alpha value is -1.91. The molecule has 0 saturated heterocycles. The van der Waals surface area contributed by atoms with Gasteiger partial charge in [-0.3, -0.25) is 15.5 Å². The number of anilines is 1. The van der Waals surface area contributed by atoms with E-state index in [1.165, 1.54) is 16.4 Å². The van der Waals surface area contributed by atoms with Crippen LogP contribution < -0.4 is 5.43 Å². The lowest BCUT2D eigenvalue weighted by molar-refractivity contribution is -0.384. The zero-order valence-electron chi connectivity index (χ0n) is 16.3. The molecule has 0 fully saturated rings. The van der Waals surface area contributed by atoms with Gasteiger partial charge < -0.3 is 0 Å². The van der Waals surface area contributed by atoms with Gasteiger partial charge in [-0.05, 0) is 25.1 Å². The summed E-state index contributed by atoms with van der Waals surface area (Å²) in [5.41, 5.74) is 3.07. The minimum absolute atomic E-state index is 0.0222. The molecule has 2 aromatic rings. The molecule has 2 aromatic carbocycles. The van der Waals surface area contributed by atoms with Gasteiger partial charge in [0.2, 0.25) is 10.0 Å². The maximum absolute atomic E-state index is 12.6. The first-order valence-corrected chi connectivity index (χ1v) is 11.3. The summed E-state index contributed by atoms with van der Waals surface area (Å²) in [4.78, 5) is 10.7. The van der Waals surface area contributed by atoms with Crippen molar-refractivity contribution in [1.29, 1.82) is 0 Å². The van der Waals surface area contributed by atoms with E-state index in [2.05, 4.69) is 10.5 Å². The summed E-state index contributed by atoms with van der Waals surface area (Å²) in [5, 5.41) is 16.3. The van der Waals surface area contributed by atoms with E-state index in [4.69, 9.17) is 34.8 Å². The second-order valence-electron chi connectivity index (χ2n) is 6.06. The Morgan fingerprint density at radius 3 is 2.33 bits per heavy atom. The number of sulfonamides is 1. The fourth-order valence-corrected chi connectivity index (χ4v) is 4.79. The van der Waals surface area contributed by atoms with Crippen LogP contribution in [0.3, 0.4) is 0 Å². The zero-order valence-corrected chi connectivity index (χ0v) is 19.4. The van der Waals surface area contributed by atoms with Gasteiger partial charge in [0.15, 0.2) is 0 Å². The van der Waals surface area contributed by atoms with E-state index in [-0.39, 0.29) is 38.7 Å². The Kier molecular flexibility index (Phi) is 8.06. The summed E-state index contributed by atoms with van der Waals surface area (Å²) < 4.78 is 26.5. The average molecular weight is 494 g/mol. The number of hydrazone groups is 1. The number of hydrogen-bond acceptors (Lipinski definition) is 6. The van der Waals surface area contributed by atoms with Crippen LogP contribution in [0.1, 0.15) is 26.3 Å². The number of rotatable bonds is 8. The van der Waals surface area contributed by atoms with Crippen LogP contribution in [0.2, 0.25) is 15.1 Å². The van der Waals surface area contributed by atoms with Crippen LogP contribution in [0, 0.1) is 10.1 Å². The summed E-state index contributed by atoms with van der Waals surface area (Å²) in [6.07, 6.45) is 0. The number of benzene rings is 2. The number of nitro benzene ring substituents is 1. The molecule has 0 aliphatic carbocycles. The quantitative estimate of drug-likeness (QED) is 0.229. The highest BCUT2D eigenvalue weighted by Crippen LogP contribution is 2.33. The number of hydrogen-bond donors (Lipinski definition) is 1. The van der Waals surface area contributed by atoms with E-state index in [9.17, 15) is 18.5 Å². The van der Waals surface area contributed by atoms with Crippen molar-refractivity contribution in [2.24, 2.45) is 5.10 Å². The van der Waals surface area contributed by atoms with E-state index in [0.717, 1.165) is 6.07 Å². The molecule has 8 nitrogen and oxygen atoms in total. The number of nitrogens with zero attached hydrogens (tertiary/aromatic N) is 3. The maximum Gasteiger partial charge on any atom is 0.295 e. The number of nitrogens with one attached hydrogen (secondary N) is 1. The van der Waals surface area contributed by atoms with Gasteiger partial charge in [0.1, 0.15) is 5.69 Å². The van der Waals surface area contributed by atoms with Gasteiger partial charge in [-0.15, -0.1) is 0 Å². The van der Waals surface area contributed by atoms with Crippen molar-refractivity contribution >= 4 is 61.9 Å². The fraction of sp³-hybridized carbons (Fsp3) is 0.278. The molecule has 0 atom stereocenters. The van der Waals surface area contributed by atoms with Gasteiger partial charge in [-0.1, -0.05) is 54.7 Å². The lowest BCUT2D eigenvalue weighted by Crippen LogP contribution is -2.30. The first-order chi connectivity index (χ1) is 14.0. The first kappa shape index (κ1) is 24.4. The third-order valence-corrected chi connectivity index (χ3v) is 7.62. The van der Waals surface area contributed by atoms with E-state index >= 15 is 0 Å². The van der Waals surface area contributed by atoms with Crippen LogP contribution in [0.4, 0.5) is 11.4 Å². The summed E-state index contributed by atoms with van der Waals surface area (Å²) in [6, 6.07) is 6.76. The van der Waals surface area contributed by atoms with Crippen molar-refractivity contribution < 1.29 is 13.3 Å². The molecule has 0 radical (unpaired) electrons. The van der Waals surface area contributed by atoms with Gasteiger partial charge >= 0.3 is 0 Å². The van der Waals surface area contributed by atoms with Gasteiger partial charge in [-0.25, -0.2) is 8.42 Å². The standard InChI is InChI=1S/C18H19Cl3N4O4S/c1-4-24(5-2)30(28,29)12-6-9-15(16(10-12)25(26)27)23-22-11(3)13-7-8-14(19)18(21)17(13)20/h6-10,23H,4-5H2,1-3H3/b22-11+. The highest BCUT2D eigenvalue weighted by Gasteiger charge is 2.25. The molecule has 0 bridgehead atoms. The van der Waals surface area contributed by atoms with Crippen LogP contribution in [-0.2, 0) is 10.0 Å². The molecule has 0 amide bonds. The summed E-state index contributed by atoms with van der Waals surface area (Å²) in [5.74, 6) is 0. The summed E-state index contributed by atoms with van der Waals surface area (Å²) in [6.45, 7) is 5.51. The topological polar surface area (TPSA) is 105 Å². The van der Waals surface area contributed by atoms with E-state index in [1.807, 2.05) is 0 Å². The monoisotopic (exact) mass is 492 g/mol. The average Bonchev–Trinajstić information content (AvgIpc) is 2.70. The van der Waals surface area contributed by atoms with Gasteiger partial charge in [0.05, 0.1) is 30.6 Å². The van der Waals surface area contributed by atoms with Crippen molar-refractivity contribution in [3.63, 3.8) is 0 Å². The predicted molar refractivity (Wildman–Crippen MR) is 121 cm³/mol. The Morgan fingerprint density at radius 1 is 1.13 bits per heavy atom. The van der Waals surface area contributed by atoms with Crippen LogP contribution in [0.15, 0.2) is 40.3 Å². The lowest BCUT2D eigenvalue weighted by atomic mass is 10.1. The van der Waals surface area contributed by atoms with Gasteiger partial charge in [0.25, 0.3) is 5.69 Å². The summed E-state index contributed by atoms with van der Waals surface area (Å²) in [7, 11) is -3.84. The van der Waals surface area contributed by atoms with Crippen LogP contribution in [0.5, 0.6) is 0 Å². The molecule has 30 heavy (non-hydrogen) atoms. The first-order valence-electron chi connectivity index (χ1n) is 8.77. The van der Waals surface area contributed by atoms with Crippen molar-refractivity contribution in [3.8, 4) is 0 Å². The number of halogens is 3. The lowest BCUT2D eigenvalue weighted by Gasteiger charge is -2.18. The molecule has 0 aromatic heterocycles. The second kappa shape index (κ2) is 9.93. The summed E-state index contributed by atoms with van der Waals surface area (Å²) >= 11 is 18.1. The predicted octanol–water partition coefficient (Wildman–Crippen LogP) is 5.42. The molecular formula is C18H19Cl3N4O4S. The highest BCUT2D eigenvalue weighted by atomic mass is 35.5. The third-order valence-electron chi connectivity index (χ3n) is 4.28. The molecule has 0 saturated carbocycles. The molecule has 2 rings (SSSR count). The largest absolute Gasteiger partial charge is 0.295 e. The van der Waals surface area contributed by atoms with Crippen molar-refractivity contribution in [2.75, 3.05) is 18.5 Å². The molecule has 162 valence electrons. The van der Waals surface area contributed by atoms with E-state index in [1.54, 1.807) is 32.9 Å². The molecule has 0 aliphatic rings. The van der Waals surface area contributed by atoms with Crippen LogP contribution in [0.25, 0.3) is 0 Å². The molecule has 0 aliphatic heterocycles. The Balaban J connectivity index is 2.43. The molecule has 0 unspecified atom stereocenters. The third kappa shape index (κ3) is 5.04. The smallest absolute Gasteiger partial charge is 0.271 e. The van der Waals surface area contributed by atoms with Crippen LogP contribution in [-0.4, -0.2) is 36.4 Å². The molecule has 12 heteroatoms. The molecule has 0 heterocycles. The minimum atomic E-state index is -3.84. The maximum atomic E-state index is 12.6. The van der Waals surface area contributed by atoms with E-state index < -0.39 is 20.6 Å².